The first-order chi connectivity index (χ1) is 7.58. The first-order valence-electron chi connectivity index (χ1n) is 5.34. The fourth-order valence-electron chi connectivity index (χ4n) is 2.55. The highest BCUT2D eigenvalue weighted by Crippen LogP contribution is 2.34. The molecule has 3 amide bonds. The van der Waals surface area contributed by atoms with E-state index in [-0.39, 0.29) is 24.5 Å². The number of likely N-dealkylation sites (N-methyl/N-ethyl adjacent to an activating group) is 1. The monoisotopic (exact) mass is 219 g/mol. The minimum absolute atomic E-state index is 0.0412. The highest BCUT2D eigenvalue weighted by atomic mass is 16.2. The van der Waals surface area contributed by atoms with Gasteiger partial charge >= 0.3 is 6.03 Å². The number of amides is 3. The van der Waals surface area contributed by atoms with Crippen LogP contribution in [0.2, 0.25) is 0 Å². The van der Waals surface area contributed by atoms with E-state index in [2.05, 4.69) is 5.32 Å². The first kappa shape index (κ1) is 9.45. The molecule has 3 rings (SSSR count). The Morgan fingerprint density at radius 2 is 2.19 bits per heavy atom. The largest absolute Gasteiger partial charge is 0.329 e. The van der Waals surface area contributed by atoms with Crippen LogP contribution in [0.3, 0.4) is 0 Å². The van der Waals surface area contributed by atoms with Gasteiger partial charge in [-0.15, -0.1) is 0 Å². The smallest absolute Gasteiger partial charge is 0.322 e. The van der Waals surface area contributed by atoms with Crippen molar-refractivity contribution < 1.29 is 9.59 Å². The number of urea groups is 1. The highest BCUT2D eigenvalue weighted by molar-refractivity contribution is 5.91. The summed E-state index contributed by atoms with van der Waals surface area (Å²) in [6, 6.07) is -0.106. The zero-order chi connectivity index (χ0) is 11.4. The maximum Gasteiger partial charge on any atom is 0.322 e. The van der Waals surface area contributed by atoms with Gasteiger partial charge in [0.05, 0.1) is 17.4 Å². The minimum atomic E-state index is -0.151. The van der Waals surface area contributed by atoms with E-state index in [1.54, 1.807) is 16.8 Å². The van der Waals surface area contributed by atoms with Crippen LogP contribution >= 0.6 is 0 Å². The second-order valence-electron chi connectivity index (χ2n) is 4.51. The quantitative estimate of drug-likeness (QED) is 0.641. The summed E-state index contributed by atoms with van der Waals surface area (Å²) >= 11 is 0. The Labute approximate surface area is 93.4 Å². The Kier molecular flexibility index (Phi) is 1.70. The zero-order valence-corrected chi connectivity index (χ0v) is 9.28. The van der Waals surface area contributed by atoms with Crippen molar-refractivity contribution >= 4 is 11.9 Å². The van der Waals surface area contributed by atoms with Crippen molar-refractivity contribution in [3.05, 3.63) is 23.0 Å². The molecule has 1 saturated heterocycles. The summed E-state index contributed by atoms with van der Waals surface area (Å²) in [6.07, 6.45) is 2.83. The molecule has 0 aromatic rings. The number of allylic oxidation sites excluding steroid dienone is 1. The summed E-state index contributed by atoms with van der Waals surface area (Å²) in [5, 5.41) is 2.91. The second kappa shape index (κ2) is 2.87. The predicted octanol–water partition coefficient (Wildman–Crippen LogP) is 0.414. The molecule has 1 fully saturated rings. The first-order valence-corrected chi connectivity index (χ1v) is 5.34. The van der Waals surface area contributed by atoms with E-state index >= 15 is 0 Å². The lowest BCUT2D eigenvalue weighted by Crippen LogP contribution is -2.45. The van der Waals surface area contributed by atoms with E-state index in [0.717, 1.165) is 17.8 Å². The fraction of sp³-hybridized carbons (Fsp3) is 0.455. The molecule has 1 N–H and O–H groups in total. The molecular weight excluding hydrogens is 206 g/mol. The van der Waals surface area contributed by atoms with E-state index in [1.165, 1.54) is 5.57 Å². The molecule has 16 heavy (non-hydrogen) atoms. The molecule has 3 aliphatic rings. The van der Waals surface area contributed by atoms with Crippen LogP contribution in [0, 0.1) is 0 Å². The van der Waals surface area contributed by atoms with E-state index < -0.39 is 0 Å². The topological polar surface area (TPSA) is 52.7 Å². The lowest BCUT2D eigenvalue weighted by Gasteiger charge is -2.34. The van der Waals surface area contributed by atoms with Gasteiger partial charge < -0.3 is 10.2 Å². The van der Waals surface area contributed by atoms with Crippen LogP contribution in [0.1, 0.15) is 13.3 Å². The average molecular weight is 219 g/mol. The van der Waals surface area contributed by atoms with Crippen LogP contribution < -0.4 is 5.32 Å². The summed E-state index contributed by atoms with van der Waals surface area (Å²) < 4.78 is 0. The molecule has 2 heterocycles. The van der Waals surface area contributed by atoms with Gasteiger partial charge in [0.2, 0.25) is 5.91 Å². The summed E-state index contributed by atoms with van der Waals surface area (Å²) in [7, 11) is 1.76. The van der Waals surface area contributed by atoms with Crippen LogP contribution in [0.15, 0.2) is 23.0 Å². The normalized spacial score (nSPS) is 28.1. The Balaban J connectivity index is 2.17. The zero-order valence-electron chi connectivity index (χ0n) is 9.28. The van der Waals surface area contributed by atoms with Gasteiger partial charge in [-0.05, 0) is 19.4 Å². The van der Waals surface area contributed by atoms with Gasteiger partial charge in [-0.1, -0.05) is 5.57 Å². The molecule has 5 heteroatoms. The summed E-state index contributed by atoms with van der Waals surface area (Å²) in [6.45, 7) is 2.18. The number of nitrogens with zero attached hydrogens (tertiary/aromatic N) is 2. The third kappa shape index (κ3) is 1.05. The van der Waals surface area contributed by atoms with Gasteiger partial charge in [-0.2, -0.15) is 0 Å². The molecule has 0 radical (unpaired) electrons. The third-order valence-electron chi connectivity index (χ3n) is 3.36. The van der Waals surface area contributed by atoms with E-state index in [4.69, 9.17) is 0 Å². The molecule has 0 aromatic heterocycles. The third-order valence-corrected chi connectivity index (χ3v) is 3.36. The highest BCUT2D eigenvalue weighted by Gasteiger charge is 2.43. The Hall–Kier alpha value is -1.78. The molecule has 2 aliphatic heterocycles. The standard InChI is InChI=1S/C11H13N3O2/c1-6-3-7-10-8(4-6)13(2)9(15)5-14(10)11(16)12-7/h4,7H,3,5H2,1-2H3,(H,12,16). The fourth-order valence-corrected chi connectivity index (χ4v) is 2.55. The van der Waals surface area contributed by atoms with Crippen molar-refractivity contribution in [2.45, 2.75) is 19.4 Å². The van der Waals surface area contributed by atoms with Crippen molar-refractivity contribution in [3.63, 3.8) is 0 Å². The average Bonchev–Trinajstić information content (AvgIpc) is 2.51. The van der Waals surface area contributed by atoms with E-state index in [0.29, 0.717) is 0 Å². The van der Waals surface area contributed by atoms with Gasteiger partial charge in [0.25, 0.3) is 0 Å². The van der Waals surface area contributed by atoms with Crippen molar-refractivity contribution in [1.82, 2.24) is 15.1 Å². The van der Waals surface area contributed by atoms with E-state index in [9.17, 15) is 9.59 Å². The SMILES string of the molecule is CC1=CC2=C3C(C1)NC(=O)N3CC(=O)N2C. The maximum absolute atomic E-state index is 11.7. The Morgan fingerprint density at radius 1 is 1.44 bits per heavy atom. The van der Waals surface area contributed by atoms with Crippen LogP contribution in [0.25, 0.3) is 0 Å². The molecule has 1 unspecified atom stereocenters. The number of hydrogen-bond acceptors (Lipinski definition) is 2. The van der Waals surface area contributed by atoms with Gasteiger partial charge in [0.1, 0.15) is 6.54 Å². The second-order valence-corrected chi connectivity index (χ2v) is 4.51. The van der Waals surface area contributed by atoms with E-state index in [1.807, 2.05) is 13.0 Å². The minimum Gasteiger partial charge on any atom is -0.329 e. The number of carbonyl (C=O) groups is 2. The summed E-state index contributed by atoms with van der Waals surface area (Å²) in [4.78, 5) is 26.6. The Morgan fingerprint density at radius 3 is 2.94 bits per heavy atom. The van der Waals surface area contributed by atoms with Crippen molar-refractivity contribution in [2.75, 3.05) is 13.6 Å². The van der Waals surface area contributed by atoms with Gasteiger partial charge in [-0.3, -0.25) is 9.69 Å². The van der Waals surface area contributed by atoms with Crippen molar-refractivity contribution in [3.8, 4) is 0 Å². The van der Waals surface area contributed by atoms with Gasteiger partial charge in [-0.25, -0.2) is 4.79 Å². The van der Waals surface area contributed by atoms with Crippen LogP contribution in [-0.4, -0.2) is 41.4 Å². The molecule has 0 aromatic carbocycles. The van der Waals surface area contributed by atoms with Crippen LogP contribution in [-0.2, 0) is 4.79 Å². The molecule has 1 aliphatic carbocycles. The number of nitrogens with one attached hydrogen (secondary N) is 1. The molecular formula is C11H13N3O2. The van der Waals surface area contributed by atoms with Gasteiger partial charge in [0, 0.05) is 7.05 Å². The van der Waals surface area contributed by atoms with Crippen molar-refractivity contribution in [2.24, 2.45) is 0 Å². The maximum atomic E-state index is 11.7. The molecule has 5 nitrogen and oxygen atoms in total. The van der Waals surface area contributed by atoms with Crippen molar-refractivity contribution in [1.29, 1.82) is 0 Å². The number of carbonyl (C=O) groups excluding carboxylic acids is 2. The molecule has 0 spiro atoms. The van der Waals surface area contributed by atoms with Crippen LogP contribution in [0.4, 0.5) is 4.79 Å². The van der Waals surface area contributed by atoms with Gasteiger partial charge in [0.15, 0.2) is 0 Å². The molecule has 0 bridgehead atoms. The summed E-state index contributed by atoms with van der Waals surface area (Å²) in [5.74, 6) is -0.0412. The molecule has 84 valence electrons. The number of hydrogen-bond donors (Lipinski definition) is 1. The van der Waals surface area contributed by atoms with Crippen LogP contribution in [0.5, 0.6) is 0 Å². The number of rotatable bonds is 0. The predicted molar refractivity (Wildman–Crippen MR) is 57.2 cm³/mol. The Bertz CT molecular complexity index is 464. The molecule has 0 saturated carbocycles. The lowest BCUT2D eigenvalue weighted by molar-refractivity contribution is -0.129. The lowest BCUT2D eigenvalue weighted by atomic mass is 9.95. The molecule has 1 atom stereocenters. The summed E-state index contributed by atoms with van der Waals surface area (Å²) in [5.41, 5.74) is 3.01.